The van der Waals surface area contributed by atoms with Crippen molar-refractivity contribution < 1.29 is 0 Å². The highest BCUT2D eigenvalue weighted by Crippen LogP contribution is 2.30. The van der Waals surface area contributed by atoms with Gasteiger partial charge in [-0.25, -0.2) is 4.98 Å². The smallest absolute Gasteiger partial charge is 0.0900 e. The number of rotatable bonds is 4. The van der Waals surface area contributed by atoms with Gasteiger partial charge in [0.2, 0.25) is 0 Å². The molecule has 0 saturated carbocycles. The Morgan fingerprint density at radius 1 is 0.938 bits per heavy atom. The zero-order chi connectivity index (χ0) is 22.1. The van der Waals surface area contributed by atoms with Gasteiger partial charge in [0.15, 0.2) is 0 Å². The number of aromatic nitrogens is 3. The second kappa shape index (κ2) is 8.27. The Kier molecular flexibility index (Phi) is 5.15. The second-order valence-electron chi connectivity index (χ2n) is 8.22. The molecule has 0 unspecified atom stereocenters. The molecule has 3 aromatic rings. The van der Waals surface area contributed by atoms with Gasteiger partial charge < -0.3 is 9.88 Å². The first kappa shape index (κ1) is 19.9. The van der Waals surface area contributed by atoms with E-state index in [0.717, 1.165) is 44.8 Å². The highest BCUT2D eigenvalue weighted by Gasteiger charge is 2.17. The van der Waals surface area contributed by atoms with E-state index in [4.69, 9.17) is 9.98 Å². The van der Waals surface area contributed by atoms with Crippen LogP contribution in [0.4, 0.5) is 11.4 Å². The van der Waals surface area contributed by atoms with Crippen LogP contribution in [0.15, 0.2) is 90.2 Å². The molecule has 5 rings (SSSR count). The van der Waals surface area contributed by atoms with Gasteiger partial charge in [0.05, 0.1) is 45.4 Å². The van der Waals surface area contributed by atoms with Crippen LogP contribution in [0.1, 0.15) is 19.4 Å². The lowest BCUT2D eigenvalue weighted by Crippen LogP contribution is -2.16. The maximum absolute atomic E-state index is 5.01. The summed E-state index contributed by atoms with van der Waals surface area (Å²) in [5.74, 6) is 0. The Morgan fingerprint density at radius 2 is 1.78 bits per heavy atom. The average Bonchev–Trinajstić information content (AvgIpc) is 2.79. The Morgan fingerprint density at radius 3 is 2.53 bits per heavy atom. The molecule has 2 aliphatic rings. The van der Waals surface area contributed by atoms with Crippen LogP contribution in [0, 0.1) is 6.92 Å². The first-order valence-electron chi connectivity index (χ1n) is 10.8. The minimum absolute atomic E-state index is 0.155. The number of para-hydroxylation sites is 1. The van der Waals surface area contributed by atoms with Gasteiger partial charge in [-0.05, 0) is 74.9 Å². The van der Waals surface area contributed by atoms with Crippen molar-refractivity contribution in [2.45, 2.75) is 26.8 Å². The molecule has 0 amide bonds. The Labute approximate surface area is 187 Å². The van der Waals surface area contributed by atoms with Crippen molar-refractivity contribution in [2.24, 2.45) is 4.99 Å². The molecule has 1 aliphatic carbocycles. The van der Waals surface area contributed by atoms with E-state index in [1.54, 1.807) is 6.20 Å². The lowest BCUT2D eigenvalue weighted by atomic mass is 10.1. The zero-order valence-corrected chi connectivity index (χ0v) is 18.4. The van der Waals surface area contributed by atoms with E-state index in [1.165, 1.54) is 5.56 Å². The number of aryl methyl sites for hydroxylation is 1. The van der Waals surface area contributed by atoms with E-state index in [1.807, 2.05) is 24.4 Å². The summed E-state index contributed by atoms with van der Waals surface area (Å²) in [7, 11) is 0. The molecule has 2 aromatic carbocycles. The van der Waals surface area contributed by atoms with Gasteiger partial charge in [-0.3, -0.25) is 9.98 Å². The number of nitrogens with one attached hydrogen (secondary N) is 1. The molecule has 158 valence electrons. The first-order chi connectivity index (χ1) is 15.6. The van der Waals surface area contributed by atoms with Crippen molar-refractivity contribution in [1.29, 1.82) is 0 Å². The molecular formula is C27H25N5. The van der Waals surface area contributed by atoms with Crippen molar-refractivity contribution in [1.82, 2.24) is 14.5 Å². The molecule has 1 aromatic heterocycles. The highest BCUT2D eigenvalue weighted by atomic mass is 15.0. The maximum atomic E-state index is 5.01. The number of pyridine rings is 1. The van der Waals surface area contributed by atoms with E-state index in [0.29, 0.717) is 0 Å². The quantitative estimate of drug-likeness (QED) is 0.370. The van der Waals surface area contributed by atoms with Gasteiger partial charge in [0.25, 0.3) is 0 Å². The maximum Gasteiger partial charge on any atom is 0.0900 e. The SMILES string of the molecule is Cc1ccc2nc3cc(Nc4cccnc4)c(=NC(C)C)cc-3n(-c3ccccc3)c2c1. The average molecular weight is 420 g/mol. The first-order valence-corrected chi connectivity index (χ1v) is 10.8. The fraction of sp³-hybridized carbons (Fsp3) is 0.148. The summed E-state index contributed by atoms with van der Waals surface area (Å²) in [6.45, 7) is 6.29. The van der Waals surface area contributed by atoms with Gasteiger partial charge in [0, 0.05) is 17.9 Å². The van der Waals surface area contributed by atoms with E-state index in [9.17, 15) is 0 Å². The van der Waals surface area contributed by atoms with Gasteiger partial charge in [-0.1, -0.05) is 24.3 Å². The van der Waals surface area contributed by atoms with Crippen molar-refractivity contribution in [2.75, 3.05) is 5.32 Å². The third-order valence-electron chi connectivity index (χ3n) is 5.30. The lowest BCUT2D eigenvalue weighted by Gasteiger charge is -2.20. The number of hydrogen-bond donors (Lipinski definition) is 1. The van der Waals surface area contributed by atoms with Crippen LogP contribution < -0.4 is 10.7 Å². The molecule has 0 saturated heterocycles. The Balaban J connectivity index is 1.85. The van der Waals surface area contributed by atoms with Gasteiger partial charge in [-0.15, -0.1) is 0 Å². The molecule has 0 radical (unpaired) electrons. The summed E-state index contributed by atoms with van der Waals surface area (Å²) < 4.78 is 2.28. The summed E-state index contributed by atoms with van der Waals surface area (Å²) in [6.07, 6.45) is 3.58. The van der Waals surface area contributed by atoms with Crippen LogP contribution in [0.3, 0.4) is 0 Å². The fourth-order valence-corrected chi connectivity index (χ4v) is 3.93. The van der Waals surface area contributed by atoms with Crippen molar-refractivity contribution >= 4 is 22.4 Å². The number of benzene rings is 3. The van der Waals surface area contributed by atoms with Gasteiger partial charge in [-0.2, -0.15) is 0 Å². The van der Waals surface area contributed by atoms with E-state index < -0.39 is 0 Å². The number of anilines is 2. The van der Waals surface area contributed by atoms with Gasteiger partial charge in [0.1, 0.15) is 0 Å². The number of nitrogens with zero attached hydrogens (tertiary/aromatic N) is 4. The van der Waals surface area contributed by atoms with Crippen molar-refractivity contribution in [3.63, 3.8) is 0 Å². The van der Waals surface area contributed by atoms with Crippen molar-refractivity contribution in [3.8, 4) is 17.1 Å². The standard InChI is InChI=1S/C27H25N5/c1-18(2)29-24-16-27-25(15-23(24)30-20-8-7-13-28-17-20)31-22-12-11-19(3)14-26(22)32(27)21-9-5-4-6-10-21/h4-18,30H,1-3H3. The largest absolute Gasteiger partial charge is 0.352 e. The van der Waals surface area contributed by atoms with Crippen LogP contribution in [0.2, 0.25) is 0 Å². The summed E-state index contributed by atoms with van der Waals surface area (Å²) in [5, 5.41) is 4.38. The molecule has 1 aliphatic heterocycles. The molecule has 32 heavy (non-hydrogen) atoms. The van der Waals surface area contributed by atoms with Crippen LogP contribution in [0.5, 0.6) is 0 Å². The minimum Gasteiger partial charge on any atom is -0.352 e. The van der Waals surface area contributed by atoms with Crippen molar-refractivity contribution in [3.05, 3.63) is 96.1 Å². The molecule has 0 bridgehead atoms. The minimum atomic E-state index is 0.155. The molecule has 2 heterocycles. The molecule has 5 nitrogen and oxygen atoms in total. The topological polar surface area (TPSA) is 55.1 Å². The Hall–Kier alpha value is -3.99. The Bertz CT molecular complexity index is 1420. The zero-order valence-electron chi connectivity index (χ0n) is 18.4. The van der Waals surface area contributed by atoms with Crippen LogP contribution in [-0.2, 0) is 0 Å². The molecule has 0 fully saturated rings. The normalized spacial score (nSPS) is 12.1. The third kappa shape index (κ3) is 3.85. The molecular weight excluding hydrogens is 394 g/mol. The molecule has 0 atom stereocenters. The lowest BCUT2D eigenvalue weighted by molar-refractivity contribution is 0.806. The number of fused-ring (bicyclic) bond motifs is 2. The molecule has 5 heteroatoms. The van der Waals surface area contributed by atoms with E-state index in [-0.39, 0.29) is 6.04 Å². The predicted molar refractivity (Wildman–Crippen MR) is 131 cm³/mol. The summed E-state index contributed by atoms with van der Waals surface area (Å²) in [4.78, 5) is 14.1. The van der Waals surface area contributed by atoms with Crippen LogP contribution in [0.25, 0.3) is 28.1 Å². The summed E-state index contributed by atoms with van der Waals surface area (Å²) in [6, 6.07) is 25.1. The van der Waals surface area contributed by atoms with E-state index >= 15 is 0 Å². The summed E-state index contributed by atoms with van der Waals surface area (Å²) in [5.41, 5.74) is 8.08. The fourth-order valence-electron chi connectivity index (χ4n) is 3.93. The third-order valence-corrected chi connectivity index (χ3v) is 5.30. The highest BCUT2D eigenvalue weighted by molar-refractivity contribution is 5.84. The van der Waals surface area contributed by atoms with Gasteiger partial charge >= 0.3 is 0 Å². The van der Waals surface area contributed by atoms with E-state index in [2.05, 4.69) is 90.2 Å². The number of hydrogen-bond acceptors (Lipinski definition) is 4. The van der Waals surface area contributed by atoms with Crippen LogP contribution >= 0.6 is 0 Å². The second-order valence-corrected chi connectivity index (χ2v) is 8.22. The monoisotopic (exact) mass is 419 g/mol. The summed E-state index contributed by atoms with van der Waals surface area (Å²) >= 11 is 0. The molecule has 1 N–H and O–H groups in total. The predicted octanol–water partition coefficient (Wildman–Crippen LogP) is 5.89. The van der Waals surface area contributed by atoms with Crippen LogP contribution in [-0.4, -0.2) is 20.6 Å². The molecule has 0 spiro atoms.